The zero-order valence-electron chi connectivity index (χ0n) is 11.0. The van der Waals surface area contributed by atoms with Gasteiger partial charge in [-0.05, 0) is 36.1 Å². The van der Waals surface area contributed by atoms with Gasteiger partial charge in [-0.3, -0.25) is 9.89 Å². The summed E-state index contributed by atoms with van der Waals surface area (Å²) in [6.07, 6.45) is 2.04. The molecule has 100 valence electrons. The van der Waals surface area contributed by atoms with E-state index in [1.54, 1.807) is 22.5 Å². The van der Waals surface area contributed by atoms with E-state index in [0.717, 1.165) is 16.9 Å². The first-order chi connectivity index (χ1) is 9.78. The fourth-order valence-corrected chi connectivity index (χ4v) is 2.49. The van der Waals surface area contributed by atoms with Gasteiger partial charge in [0.1, 0.15) is 0 Å². The van der Waals surface area contributed by atoms with Gasteiger partial charge in [0.2, 0.25) is 0 Å². The van der Waals surface area contributed by atoms with E-state index in [1.165, 1.54) is 4.90 Å². The number of H-pyrrole nitrogens is 1. The SMILES string of the molecule is CSc1ccc(-c2cc(=O)n(-c3ccccc3)[nH]2)cc1. The van der Waals surface area contributed by atoms with Crippen molar-refractivity contribution in [1.82, 2.24) is 9.78 Å². The van der Waals surface area contributed by atoms with E-state index in [2.05, 4.69) is 17.2 Å². The maximum atomic E-state index is 12.1. The Bertz CT molecular complexity index is 757. The molecule has 0 atom stereocenters. The van der Waals surface area contributed by atoms with Crippen molar-refractivity contribution in [2.45, 2.75) is 4.90 Å². The molecule has 1 aromatic heterocycles. The number of aromatic nitrogens is 2. The summed E-state index contributed by atoms with van der Waals surface area (Å²) >= 11 is 1.70. The Morgan fingerprint density at radius 1 is 1.00 bits per heavy atom. The Hall–Kier alpha value is -2.20. The topological polar surface area (TPSA) is 37.8 Å². The van der Waals surface area contributed by atoms with Crippen molar-refractivity contribution in [3.05, 3.63) is 71.0 Å². The molecule has 0 amide bonds. The van der Waals surface area contributed by atoms with Crippen LogP contribution in [0.15, 0.2) is 70.4 Å². The fourth-order valence-electron chi connectivity index (χ4n) is 2.08. The van der Waals surface area contributed by atoms with Crippen LogP contribution in [-0.2, 0) is 0 Å². The number of para-hydroxylation sites is 1. The molecule has 0 unspecified atom stereocenters. The Balaban J connectivity index is 2.02. The van der Waals surface area contributed by atoms with E-state index < -0.39 is 0 Å². The number of nitrogens with one attached hydrogen (secondary N) is 1. The quantitative estimate of drug-likeness (QED) is 0.746. The number of thioether (sulfide) groups is 1. The molecular formula is C16H14N2OS. The average Bonchev–Trinajstić information content (AvgIpc) is 2.90. The highest BCUT2D eigenvalue weighted by atomic mass is 32.2. The standard InChI is InChI=1S/C16H14N2OS/c1-20-14-9-7-12(8-10-14)15-11-16(19)18(17-15)13-5-3-2-4-6-13/h2-11,17H,1H3. The monoisotopic (exact) mass is 282 g/mol. The van der Waals surface area contributed by atoms with Gasteiger partial charge in [-0.25, -0.2) is 4.68 Å². The number of benzene rings is 2. The third kappa shape index (κ3) is 2.42. The van der Waals surface area contributed by atoms with E-state index in [4.69, 9.17) is 0 Å². The zero-order chi connectivity index (χ0) is 13.9. The van der Waals surface area contributed by atoms with Gasteiger partial charge in [0, 0.05) is 11.0 Å². The number of aromatic amines is 1. The summed E-state index contributed by atoms with van der Waals surface area (Å²) in [5, 5.41) is 3.15. The first-order valence-corrected chi connectivity index (χ1v) is 7.52. The molecule has 2 aromatic carbocycles. The molecule has 4 heteroatoms. The molecule has 0 saturated heterocycles. The Morgan fingerprint density at radius 2 is 1.70 bits per heavy atom. The van der Waals surface area contributed by atoms with Crippen LogP contribution in [0.2, 0.25) is 0 Å². The third-order valence-electron chi connectivity index (χ3n) is 3.14. The second-order valence-electron chi connectivity index (χ2n) is 4.41. The third-order valence-corrected chi connectivity index (χ3v) is 3.88. The molecule has 1 N–H and O–H groups in total. The minimum atomic E-state index is -0.0554. The molecule has 3 rings (SSSR count). The fraction of sp³-hybridized carbons (Fsp3) is 0.0625. The predicted molar refractivity (Wildman–Crippen MR) is 83.6 cm³/mol. The summed E-state index contributed by atoms with van der Waals surface area (Å²) in [5.74, 6) is 0. The molecule has 0 spiro atoms. The molecule has 0 saturated carbocycles. The molecule has 0 fully saturated rings. The van der Waals surface area contributed by atoms with Crippen molar-refractivity contribution in [2.75, 3.05) is 6.26 Å². The van der Waals surface area contributed by atoms with Gasteiger partial charge < -0.3 is 0 Å². The number of rotatable bonds is 3. The normalized spacial score (nSPS) is 10.7. The largest absolute Gasteiger partial charge is 0.290 e. The van der Waals surface area contributed by atoms with Crippen molar-refractivity contribution in [1.29, 1.82) is 0 Å². The summed E-state index contributed by atoms with van der Waals surface area (Å²) in [7, 11) is 0. The molecule has 3 aromatic rings. The highest BCUT2D eigenvalue weighted by Crippen LogP contribution is 2.21. The number of nitrogens with zero attached hydrogens (tertiary/aromatic N) is 1. The molecule has 0 aliphatic carbocycles. The lowest BCUT2D eigenvalue weighted by Crippen LogP contribution is -2.12. The van der Waals surface area contributed by atoms with E-state index in [1.807, 2.05) is 48.7 Å². The van der Waals surface area contributed by atoms with Crippen LogP contribution in [0.5, 0.6) is 0 Å². The Labute approximate surface area is 121 Å². The lowest BCUT2D eigenvalue weighted by atomic mass is 10.2. The molecule has 20 heavy (non-hydrogen) atoms. The number of hydrogen-bond acceptors (Lipinski definition) is 2. The van der Waals surface area contributed by atoms with Crippen LogP contribution in [0.25, 0.3) is 16.9 Å². The van der Waals surface area contributed by atoms with E-state index in [-0.39, 0.29) is 5.56 Å². The van der Waals surface area contributed by atoms with Crippen LogP contribution in [0.1, 0.15) is 0 Å². The second-order valence-corrected chi connectivity index (χ2v) is 5.29. The molecule has 0 bridgehead atoms. The van der Waals surface area contributed by atoms with Gasteiger partial charge in [-0.15, -0.1) is 11.8 Å². The van der Waals surface area contributed by atoms with Crippen LogP contribution in [0, 0.1) is 0 Å². The Morgan fingerprint density at radius 3 is 2.35 bits per heavy atom. The minimum Gasteiger partial charge on any atom is -0.290 e. The smallest absolute Gasteiger partial charge is 0.271 e. The summed E-state index contributed by atoms with van der Waals surface area (Å²) in [4.78, 5) is 13.3. The lowest BCUT2D eigenvalue weighted by molar-refractivity contribution is 0.852. The van der Waals surface area contributed by atoms with Crippen LogP contribution < -0.4 is 5.56 Å². The average molecular weight is 282 g/mol. The Kier molecular flexibility index (Phi) is 3.48. The summed E-state index contributed by atoms with van der Waals surface area (Å²) in [6, 6.07) is 19.3. The van der Waals surface area contributed by atoms with Gasteiger partial charge in [-0.2, -0.15) is 0 Å². The highest BCUT2D eigenvalue weighted by Gasteiger charge is 2.06. The highest BCUT2D eigenvalue weighted by molar-refractivity contribution is 7.98. The summed E-state index contributed by atoms with van der Waals surface area (Å²) < 4.78 is 1.55. The van der Waals surface area contributed by atoms with Crippen LogP contribution in [0.4, 0.5) is 0 Å². The van der Waals surface area contributed by atoms with Crippen LogP contribution in [0.3, 0.4) is 0 Å². The maximum absolute atomic E-state index is 12.1. The number of hydrogen-bond donors (Lipinski definition) is 1. The van der Waals surface area contributed by atoms with Crippen molar-refractivity contribution < 1.29 is 0 Å². The van der Waals surface area contributed by atoms with Gasteiger partial charge in [0.05, 0.1) is 11.4 Å². The molecule has 0 aliphatic rings. The van der Waals surface area contributed by atoms with Gasteiger partial charge in [0.15, 0.2) is 0 Å². The molecule has 1 heterocycles. The zero-order valence-corrected chi connectivity index (χ0v) is 11.9. The minimum absolute atomic E-state index is 0.0554. The van der Waals surface area contributed by atoms with Crippen LogP contribution >= 0.6 is 11.8 Å². The maximum Gasteiger partial charge on any atom is 0.271 e. The van der Waals surface area contributed by atoms with E-state index >= 15 is 0 Å². The first kappa shape index (κ1) is 12.8. The van der Waals surface area contributed by atoms with Gasteiger partial charge in [0.25, 0.3) is 5.56 Å². The van der Waals surface area contributed by atoms with Crippen molar-refractivity contribution >= 4 is 11.8 Å². The van der Waals surface area contributed by atoms with Crippen molar-refractivity contribution in [3.63, 3.8) is 0 Å². The molecule has 3 nitrogen and oxygen atoms in total. The molecule has 0 radical (unpaired) electrons. The van der Waals surface area contributed by atoms with Crippen LogP contribution in [-0.4, -0.2) is 16.0 Å². The lowest BCUT2D eigenvalue weighted by Gasteiger charge is -2.02. The van der Waals surface area contributed by atoms with Gasteiger partial charge >= 0.3 is 0 Å². The van der Waals surface area contributed by atoms with E-state index in [0.29, 0.717) is 0 Å². The predicted octanol–water partition coefficient (Wildman–Crippen LogP) is 3.55. The van der Waals surface area contributed by atoms with E-state index in [9.17, 15) is 4.79 Å². The van der Waals surface area contributed by atoms with Crippen molar-refractivity contribution in [3.8, 4) is 16.9 Å². The molecule has 0 aliphatic heterocycles. The molecular weight excluding hydrogens is 268 g/mol. The summed E-state index contributed by atoms with van der Waals surface area (Å²) in [5.41, 5.74) is 2.62. The van der Waals surface area contributed by atoms with Crippen molar-refractivity contribution in [2.24, 2.45) is 0 Å². The second kappa shape index (κ2) is 5.43. The summed E-state index contributed by atoms with van der Waals surface area (Å²) in [6.45, 7) is 0. The van der Waals surface area contributed by atoms with Gasteiger partial charge in [-0.1, -0.05) is 30.3 Å². The first-order valence-electron chi connectivity index (χ1n) is 6.30.